The molecule has 0 spiro atoms. The van der Waals surface area contributed by atoms with Crippen molar-refractivity contribution >= 4 is 5.82 Å². The van der Waals surface area contributed by atoms with Gasteiger partial charge in [-0.3, -0.25) is 0 Å². The Hall–Kier alpha value is -1.13. The van der Waals surface area contributed by atoms with Crippen molar-refractivity contribution < 1.29 is 0 Å². The summed E-state index contributed by atoms with van der Waals surface area (Å²) in [7, 11) is 2.21. The molecule has 0 amide bonds. The first-order valence-corrected chi connectivity index (χ1v) is 8.41. The van der Waals surface area contributed by atoms with E-state index in [1.165, 1.54) is 42.9 Å². The maximum absolute atomic E-state index is 4.86. The largest absolute Gasteiger partial charge is 0.355 e. The average Bonchev–Trinajstić information content (AvgIpc) is 3.32. The fourth-order valence-corrected chi connectivity index (χ4v) is 2.90. The third-order valence-electron chi connectivity index (χ3n) is 4.50. The van der Waals surface area contributed by atoms with E-state index in [1.807, 2.05) is 0 Å². The third-order valence-corrected chi connectivity index (χ3v) is 4.50. The zero-order chi connectivity index (χ0) is 14.7. The molecule has 0 radical (unpaired) electrons. The molecule has 21 heavy (non-hydrogen) atoms. The topological polar surface area (TPSA) is 31.4 Å². The van der Waals surface area contributed by atoms with E-state index < -0.39 is 0 Å². The van der Waals surface area contributed by atoms with Crippen LogP contribution in [0.15, 0.2) is 12.1 Å². The summed E-state index contributed by atoms with van der Waals surface area (Å²) in [5, 5.41) is 3.62. The van der Waals surface area contributed by atoms with E-state index in [0.717, 1.165) is 38.6 Å². The molecule has 2 heterocycles. The molecular weight excluding hydrogens is 260 g/mol. The van der Waals surface area contributed by atoms with E-state index in [0.29, 0.717) is 0 Å². The maximum atomic E-state index is 4.86. The Bertz CT molecular complexity index is 470. The lowest BCUT2D eigenvalue weighted by molar-refractivity contribution is 0.360. The SMILES string of the molecule is CCc1cc(CNC2CC2)cc(N2CCCN(C)CC2)n1. The van der Waals surface area contributed by atoms with Crippen molar-refractivity contribution in [3.05, 3.63) is 23.4 Å². The predicted molar refractivity (Wildman–Crippen MR) is 87.8 cm³/mol. The van der Waals surface area contributed by atoms with Gasteiger partial charge in [0, 0.05) is 37.9 Å². The van der Waals surface area contributed by atoms with Crippen LogP contribution in [0.2, 0.25) is 0 Å². The summed E-state index contributed by atoms with van der Waals surface area (Å²) in [6, 6.07) is 5.32. The molecule has 1 saturated carbocycles. The minimum atomic E-state index is 0.763. The molecule has 4 nitrogen and oxygen atoms in total. The minimum absolute atomic E-state index is 0.763. The van der Waals surface area contributed by atoms with Crippen molar-refractivity contribution in [2.24, 2.45) is 0 Å². The summed E-state index contributed by atoms with van der Waals surface area (Å²) in [6.45, 7) is 7.72. The van der Waals surface area contributed by atoms with Gasteiger partial charge in [-0.25, -0.2) is 4.98 Å². The lowest BCUT2D eigenvalue weighted by Gasteiger charge is -2.23. The van der Waals surface area contributed by atoms with Crippen LogP contribution in [-0.2, 0) is 13.0 Å². The number of hydrogen-bond donors (Lipinski definition) is 1. The summed E-state index contributed by atoms with van der Waals surface area (Å²) in [5.74, 6) is 1.18. The standard InChI is InChI=1S/C17H28N4/c1-3-15-11-14(13-18-16-5-6-16)12-17(19-15)21-8-4-7-20(2)9-10-21/h11-12,16,18H,3-10,13H2,1-2H3. The van der Waals surface area contributed by atoms with Gasteiger partial charge in [-0.05, 0) is 57.0 Å². The van der Waals surface area contributed by atoms with Gasteiger partial charge in [0.2, 0.25) is 0 Å². The fraction of sp³-hybridized carbons (Fsp3) is 0.706. The van der Waals surface area contributed by atoms with E-state index in [-0.39, 0.29) is 0 Å². The first-order chi connectivity index (χ1) is 10.2. The van der Waals surface area contributed by atoms with Gasteiger partial charge in [0.25, 0.3) is 0 Å². The molecule has 1 N–H and O–H groups in total. The van der Waals surface area contributed by atoms with Crippen LogP contribution in [0.1, 0.15) is 37.4 Å². The third kappa shape index (κ3) is 4.17. The van der Waals surface area contributed by atoms with E-state index in [9.17, 15) is 0 Å². The monoisotopic (exact) mass is 288 g/mol. The van der Waals surface area contributed by atoms with Crippen LogP contribution in [0.3, 0.4) is 0 Å². The van der Waals surface area contributed by atoms with E-state index in [4.69, 9.17) is 4.98 Å². The number of aromatic nitrogens is 1. The molecule has 4 heteroatoms. The van der Waals surface area contributed by atoms with Crippen molar-refractivity contribution in [1.29, 1.82) is 0 Å². The number of hydrogen-bond acceptors (Lipinski definition) is 4. The van der Waals surface area contributed by atoms with E-state index in [2.05, 4.69) is 41.2 Å². The fourth-order valence-electron chi connectivity index (χ4n) is 2.90. The van der Waals surface area contributed by atoms with Crippen LogP contribution >= 0.6 is 0 Å². The first-order valence-electron chi connectivity index (χ1n) is 8.41. The van der Waals surface area contributed by atoms with Gasteiger partial charge in [-0.15, -0.1) is 0 Å². The van der Waals surface area contributed by atoms with Gasteiger partial charge in [0.05, 0.1) is 0 Å². The van der Waals surface area contributed by atoms with Crippen molar-refractivity contribution in [3.63, 3.8) is 0 Å². The molecule has 1 saturated heterocycles. The molecule has 0 unspecified atom stereocenters. The van der Waals surface area contributed by atoms with Gasteiger partial charge >= 0.3 is 0 Å². The molecule has 116 valence electrons. The molecule has 1 aromatic heterocycles. The zero-order valence-corrected chi connectivity index (χ0v) is 13.4. The van der Waals surface area contributed by atoms with Crippen LogP contribution < -0.4 is 10.2 Å². The predicted octanol–water partition coefficient (Wildman–Crippen LogP) is 2.04. The Morgan fingerprint density at radius 3 is 2.81 bits per heavy atom. The highest BCUT2D eigenvalue weighted by atomic mass is 15.2. The Balaban J connectivity index is 1.73. The molecule has 1 aliphatic carbocycles. The van der Waals surface area contributed by atoms with Crippen molar-refractivity contribution in [2.75, 3.05) is 38.1 Å². The number of pyridine rings is 1. The number of aryl methyl sites for hydroxylation is 1. The smallest absolute Gasteiger partial charge is 0.129 e. The second kappa shape index (κ2) is 6.75. The lowest BCUT2D eigenvalue weighted by Crippen LogP contribution is -2.29. The molecule has 0 bridgehead atoms. The quantitative estimate of drug-likeness (QED) is 0.898. The first kappa shape index (κ1) is 14.8. The lowest BCUT2D eigenvalue weighted by atomic mass is 10.2. The molecular formula is C17H28N4. The van der Waals surface area contributed by atoms with Gasteiger partial charge in [-0.2, -0.15) is 0 Å². The van der Waals surface area contributed by atoms with Crippen LogP contribution in [0.5, 0.6) is 0 Å². The summed E-state index contributed by atoms with van der Waals surface area (Å²) < 4.78 is 0. The second-order valence-electron chi connectivity index (χ2n) is 6.48. The normalized spacial score (nSPS) is 20.6. The molecule has 0 atom stereocenters. The zero-order valence-electron chi connectivity index (χ0n) is 13.4. The number of nitrogens with one attached hydrogen (secondary N) is 1. The van der Waals surface area contributed by atoms with E-state index in [1.54, 1.807) is 0 Å². The molecule has 0 aromatic carbocycles. The van der Waals surface area contributed by atoms with Crippen molar-refractivity contribution in [2.45, 2.75) is 45.2 Å². The highest BCUT2D eigenvalue weighted by Crippen LogP contribution is 2.21. The molecule has 3 rings (SSSR count). The second-order valence-corrected chi connectivity index (χ2v) is 6.48. The maximum Gasteiger partial charge on any atom is 0.129 e. The summed E-state index contributed by atoms with van der Waals surface area (Å²) in [5.41, 5.74) is 2.61. The highest BCUT2D eigenvalue weighted by molar-refractivity contribution is 5.43. The summed E-state index contributed by atoms with van der Waals surface area (Å²) >= 11 is 0. The molecule has 2 fully saturated rings. The molecule has 1 aromatic rings. The molecule has 2 aliphatic rings. The number of rotatable bonds is 5. The van der Waals surface area contributed by atoms with Gasteiger partial charge in [-0.1, -0.05) is 6.92 Å². The average molecular weight is 288 g/mol. The van der Waals surface area contributed by atoms with Crippen LogP contribution in [0, 0.1) is 0 Å². The molecule has 1 aliphatic heterocycles. The summed E-state index contributed by atoms with van der Waals surface area (Å²) in [6.07, 6.45) is 4.93. The number of likely N-dealkylation sites (N-methyl/N-ethyl adjacent to an activating group) is 1. The van der Waals surface area contributed by atoms with Crippen LogP contribution in [0.4, 0.5) is 5.82 Å². The highest BCUT2D eigenvalue weighted by Gasteiger charge is 2.20. The van der Waals surface area contributed by atoms with Crippen molar-refractivity contribution in [1.82, 2.24) is 15.2 Å². The minimum Gasteiger partial charge on any atom is -0.355 e. The Morgan fingerprint density at radius 1 is 1.19 bits per heavy atom. The van der Waals surface area contributed by atoms with Crippen LogP contribution in [0.25, 0.3) is 0 Å². The van der Waals surface area contributed by atoms with Gasteiger partial charge < -0.3 is 15.1 Å². The van der Waals surface area contributed by atoms with Gasteiger partial charge in [0.15, 0.2) is 0 Å². The Morgan fingerprint density at radius 2 is 2.05 bits per heavy atom. The van der Waals surface area contributed by atoms with E-state index >= 15 is 0 Å². The number of anilines is 1. The van der Waals surface area contributed by atoms with Crippen LogP contribution in [-0.4, -0.2) is 49.2 Å². The number of nitrogens with zero attached hydrogens (tertiary/aromatic N) is 3. The Labute approximate surface area is 128 Å². The van der Waals surface area contributed by atoms with Gasteiger partial charge in [0.1, 0.15) is 5.82 Å². The van der Waals surface area contributed by atoms with Crippen molar-refractivity contribution in [3.8, 4) is 0 Å². The Kier molecular flexibility index (Phi) is 4.76. The summed E-state index contributed by atoms with van der Waals surface area (Å²) in [4.78, 5) is 9.74.